The van der Waals surface area contributed by atoms with E-state index in [1.807, 2.05) is 0 Å². The Bertz CT molecular complexity index is 365. The molecule has 1 aliphatic heterocycles. The molecule has 0 aliphatic carbocycles. The molecular weight excluding hydrogens is 202 g/mol. The van der Waals surface area contributed by atoms with Gasteiger partial charge in [-0.25, -0.2) is 0 Å². The first kappa shape index (κ1) is 9.22. The number of carbonyl (C=O) groups excluding carboxylic acids is 1. The van der Waals surface area contributed by atoms with E-state index in [2.05, 4.69) is 25.4 Å². The zero-order chi connectivity index (χ0) is 9.97. The van der Waals surface area contributed by atoms with Gasteiger partial charge in [0.25, 0.3) is 5.91 Å². The van der Waals surface area contributed by atoms with E-state index in [4.69, 9.17) is 0 Å². The van der Waals surface area contributed by atoms with Gasteiger partial charge in [-0.2, -0.15) is 0 Å². The number of rotatable bonds is 2. The highest BCUT2D eigenvalue weighted by atomic mass is 32.1. The number of hydrogen-bond acceptors (Lipinski definition) is 6. The van der Waals surface area contributed by atoms with Crippen LogP contribution in [0.5, 0.6) is 0 Å². The maximum absolute atomic E-state index is 11.6. The normalized spacial score (nSPS) is 14.8. The van der Waals surface area contributed by atoms with Crippen LogP contribution in [0.3, 0.4) is 0 Å². The van der Waals surface area contributed by atoms with Crippen molar-refractivity contribution in [3.05, 3.63) is 11.1 Å². The van der Waals surface area contributed by atoms with Gasteiger partial charge in [0.05, 0.1) is 0 Å². The number of aromatic nitrogens is 3. The Morgan fingerprint density at radius 3 is 2.86 bits per heavy atom. The summed E-state index contributed by atoms with van der Waals surface area (Å²) in [6.45, 7) is 3.40. The van der Waals surface area contributed by atoms with Gasteiger partial charge in [0, 0.05) is 30.2 Å². The molecule has 74 valence electrons. The maximum atomic E-state index is 11.6. The molecule has 1 aromatic rings. The van der Waals surface area contributed by atoms with Gasteiger partial charge in [0.2, 0.25) is 5.13 Å². The third kappa shape index (κ3) is 1.78. The molecule has 0 saturated carbocycles. The van der Waals surface area contributed by atoms with E-state index in [9.17, 15) is 4.79 Å². The third-order valence-electron chi connectivity index (χ3n) is 2.07. The Labute approximate surface area is 84.6 Å². The molecule has 2 rings (SSSR count). The summed E-state index contributed by atoms with van der Waals surface area (Å²) in [5, 5.41) is 13.2. The maximum Gasteiger partial charge on any atom is 0.253 e. The van der Waals surface area contributed by atoms with Gasteiger partial charge in [-0.3, -0.25) is 10.1 Å². The first-order valence-corrected chi connectivity index (χ1v) is 4.90. The average molecular weight is 211 g/mol. The van der Waals surface area contributed by atoms with E-state index < -0.39 is 0 Å². The lowest BCUT2D eigenvalue weighted by Crippen LogP contribution is -2.36. The van der Waals surface area contributed by atoms with Crippen molar-refractivity contribution in [1.29, 1.82) is 0 Å². The van der Waals surface area contributed by atoms with Gasteiger partial charge in [0.15, 0.2) is 0 Å². The zero-order valence-corrected chi connectivity index (χ0v) is 8.39. The molecule has 1 fully saturated rings. The first-order valence-electron chi connectivity index (χ1n) is 4.13. The second-order valence-corrected chi connectivity index (χ2v) is 3.69. The lowest BCUT2D eigenvalue weighted by molar-refractivity contribution is -0.112. The van der Waals surface area contributed by atoms with E-state index in [-0.39, 0.29) is 5.91 Å². The summed E-state index contributed by atoms with van der Waals surface area (Å²) in [7, 11) is 0. The van der Waals surface area contributed by atoms with Gasteiger partial charge in [-0.05, 0) is 17.7 Å². The fraction of sp³-hybridized carbons (Fsp3) is 0.429. The minimum Gasteiger partial charge on any atom is -0.309 e. The lowest BCUT2D eigenvalue weighted by Gasteiger charge is -2.21. The molecule has 7 heteroatoms. The molecule has 2 N–H and O–H groups in total. The van der Waals surface area contributed by atoms with E-state index in [1.54, 1.807) is 6.92 Å². The van der Waals surface area contributed by atoms with Crippen molar-refractivity contribution in [3.8, 4) is 0 Å². The van der Waals surface area contributed by atoms with Gasteiger partial charge in [-0.1, -0.05) is 9.59 Å². The molecule has 1 aliphatic rings. The van der Waals surface area contributed by atoms with Crippen molar-refractivity contribution in [2.45, 2.75) is 6.92 Å². The molecule has 0 unspecified atom stereocenters. The molecule has 6 nitrogen and oxygen atoms in total. The number of nitrogens with one attached hydrogen (secondary N) is 2. The summed E-state index contributed by atoms with van der Waals surface area (Å²) in [6.07, 6.45) is 0. The van der Waals surface area contributed by atoms with Crippen molar-refractivity contribution in [2.24, 2.45) is 0 Å². The Hall–Kier alpha value is -1.34. The minimum absolute atomic E-state index is 0.125. The first-order chi connectivity index (χ1) is 6.77. The molecule has 0 aromatic carbocycles. The predicted molar refractivity (Wildman–Crippen MR) is 51.9 cm³/mol. The highest BCUT2D eigenvalue weighted by Crippen LogP contribution is 2.12. The monoisotopic (exact) mass is 211 g/mol. The van der Waals surface area contributed by atoms with Crippen LogP contribution in [-0.4, -0.2) is 33.8 Å². The van der Waals surface area contributed by atoms with Crippen LogP contribution in [0, 0.1) is 0 Å². The fourth-order valence-electron chi connectivity index (χ4n) is 1.05. The molecule has 0 bridgehead atoms. The third-order valence-corrected chi connectivity index (χ3v) is 2.58. The number of amides is 1. The lowest BCUT2D eigenvalue weighted by atomic mass is 10.0. The molecule has 14 heavy (non-hydrogen) atoms. The van der Waals surface area contributed by atoms with Crippen LogP contribution >= 0.6 is 11.5 Å². The number of nitrogens with zero attached hydrogens (tertiary/aromatic N) is 3. The largest absolute Gasteiger partial charge is 0.309 e. The van der Waals surface area contributed by atoms with Crippen LogP contribution in [-0.2, 0) is 4.79 Å². The molecule has 1 amide bonds. The van der Waals surface area contributed by atoms with Crippen molar-refractivity contribution in [2.75, 3.05) is 18.4 Å². The van der Waals surface area contributed by atoms with Crippen molar-refractivity contribution in [1.82, 2.24) is 20.1 Å². The minimum atomic E-state index is -0.125. The van der Waals surface area contributed by atoms with E-state index in [1.165, 1.54) is 0 Å². The average Bonchev–Trinajstić information content (AvgIpc) is 2.53. The molecule has 0 radical (unpaired) electrons. The van der Waals surface area contributed by atoms with Crippen LogP contribution in [0.15, 0.2) is 11.1 Å². The SMILES string of the molecule is CC(C(=O)Nc1nnns1)=C1CNC1. The Balaban J connectivity index is 2.02. The van der Waals surface area contributed by atoms with Crippen LogP contribution in [0.1, 0.15) is 6.92 Å². The molecule has 2 heterocycles. The summed E-state index contributed by atoms with van der Waals surface area (Å²) < 4.78 is 3.55. The molecule has 1 saturated heterocycles. The molecule has 1 aromatic heterocycles. The van der Waals surface area contributed by atoms with E-state index in [0.29, 0.717) is 5.13 Å². The standard InChI is InChI=1S/C7H9N5OS/c1-4(5-2-8-3-5)6(13)9-7-10-11-12-14-7/h8H,2-3H2,1H3,(H,9,10,12,13). The summed E-state index contributed by atoms with van der Waals surface area (Å²) >= 11 is 1.06. The van der Waals surface area contributed by atoms with E-state index in [0.717, 1.165) is 35.8 Å². The van der Waals surface area contributed by atoms with Crippen molar-refractivity contribution >= 4 is 22.6 Å². The predicted octanol–water partition coefficient (Wildman–Crippen LogP) is -0.209. The summed E-state index contributed by atoms with van der Waals surface area (Å²) in [4.78, 5) is 11.6. The second-order valence-electron chi connectivity index (χ2n) is 2.95. The van der Waals surface area contributed by atoms with Crippen molar-refractivity contribution in [3.63, 3.8) is 0 Å². The highest BCUT2D eigenvalue weighted by molar-refractivity contribution is 7.09. The van der Waals surface area contributed by atoms with Crippen molar-refractivity contribution < 1.29 is 4.79 Å². The van der Waals surface area contributed by atoms with Gasteiger partial charge < -0.3 is 5.32 Å². The Kier molecular flexibility index (Phi) is 2.51. The second kappa shape index (κ2) is 3.81. The molecular formula is C7H9N5OS. The number of anilines is 1. The van der Waals surface area contributed by atoms with Gasteiger partial charge in [0.1, 0.15) is 0 Å². The topological polar surface area (TPSA) is 79.8 Å². The number of hydrogen-bond donors (Lipinski definition) is 2. The Morgan fingerprint density at radius 1 is 1.57 bits per heavy atom. The fourth-order valence-corrected chi connectivity index (χ4v) is 1.41. The summed E-state index contributed by atoms with van der Waals surface area (Å²) in [6, 6.07) is 0. The van der Waals surface area contributed by atoms with Crippen LogP contribution in [0.25, 0.3) is 0 Å². The van der Waals surface area contributed by atoms with E-state index >= 15 is 0 Å². The quantitative estimate of drug-likeness (QED) is 0.662. The van der Waals surface area contributed by atoms with Gasteiger partial charge in [-0.15, -0.1) is 0 Å². The smallest absolute Gasteiger partial charge is 0.253 e. The Morgan fingerprint density at radius 2 is 2.36 bits per heavy atom. The number of carbonyl (C=O) groups is 1. The zero-order valence-electron chi connectivity index (χ0n) is 7.57. The molecule has 0 atom stereocenters. The molecule has 0 spiro atoms. The van der Waals surface area contributed by atoms with Crippen LogP contribution in [0.4, 0.5) is 5.13 Å². The summed E-state index contributed by atoms with van der Waals surface area (Å²) in [5.41, 5.74) is 1.89. The van der Waals surface area contributed by atoms with Crippen LogP contribution < -0.4 is 10.6 Å². The summed E-state index contributed by atoms with van der Waals surface area (Å²) in [5.74, 6) is -0.125. The van der Waals surface area contributed by atoms with Crippen LogP contribution in [0.2, 0.25) is 0 Å². The van der Waals surface area contributed by atoms with Gasteiger partial charge >= 0.3 is 0 Å². The highest BCUT2D eigenvalue weighted by Gasteiger charge is 2.16.